The molecule has 0 aromatic heterocycles. The van der Waals surface area contributed by atoms with Gasteiger partial charge in [0.2, 0.25) is 0 Å². The second kappa shape index (κ2) is 40.5. The molecular formula is C40H75NaO5. The van der Waals surface area contributed by atoms with Crippen LogP contribution in [0.15, 0.2) is 12.2 Å². The van der Waals surface area contributed by atoms with Crippen LogP contribution in [-0.2, 0) is 23.9 Å². The van der Waals surface area contributed by atoms with E-state index in [1.54, 1.807) is 0 Å². The molecule has 0 aliphatic rings. The minimum absolute atomic E-state index is 0. The van der Waals surface area contributed by atoms with Crippen LogP contribution in [0.3, 0.4) is 0 Å². The van der Waals surface area contributed by atoms with Crippen LogP contribution < -0.4 is 0 Å². The third kappa shape index (κ3) is 39.5. The summed E-state index contributed by atoms with van der Waals surface area (Å²) < 4.78 is 9.94. The van der Waals surface area contributed by atoms with Gasteiger partial charge in [0.05, 0.1) is 6.61 Å². The quantitative estimate of drug-likeness (QED) is 0.0223. The summed E-state index contributed by atoms with van der Waals surface area (Å²) in [6.45, 7) is 4.89. The first-order chi connectivity index (χ1) is 22.1. The number of hydrogen-bond acceptors (Lipinski definition) is 5. The fraction of sp³-hybridized carbons (Fsp3) is 0.875. The van der Waals surface area contributed by atoms with Crippen LogP contribution >= 0.6 is 0 Å². The van der Waals surface area contributed by atoms with E-state index in [-0.39, 0.29) is 36.0 Å². The molecule has 6 heteroatoms. The first-order valence-electron chi connectivity index (χ1n) is 19.7. The van der Waals surface area contributed by atoms with E-state index in [0.29, 0.717) is 6.61 Å². The molecule has 0 bridgehead atoms. The zero-order valence-electron chi connectivity index (χ0n) is 30.0. The Bertz CT molecular complexity index is 693. The molecule has 0 radical (unpaired) electrons. The van der Waals surface area contributed by atoms with Gasteiger partial charge in [0.25, 0.3) is 0 Å². The summed E-state index contributed by atoms with van der Waals surface area (Å²) in [7, 11) is 0. The van der Waals surface area contributed by atoms with Gasteiger partial charge < -0.3 is 9.47 Å². The first-order valence-corrected chi connectivity index (χ1v) is 19.7. The number of unbranched alkanes of at least 4 members (excludes halogenated alkanes) is 29. The fourth-order valence-electron chi connectivity index (χ4n) is 5.85. The van der Waals surface area contributed by atoms with E-state index >= 15 is 0 Å². The summed E-state index contributed by atoms with van der Waals surface area (Å²) in [6, 6.07) is 0. The number of carbonyl (C=O) groups is 3. The molecule has 0 amide bonds. The molecule has 5 nitrogen and oxygen atoms in total. The van der Waals surface area contributed by atoms with E-state index < -0.39 is 17.9 Å². The second-order valence-corrected chi connectivity index (χ2v) is 13.3. The number of carbonyl (C=O) groups excluding carboxylic acids is 3. The molecule has 0 saturated carbocycles. The SMILES string of the molecule is CCCCCCCCCCCCCCCCCCOC(=O)/C=C/C(=O)OC(=O)CCCCCCCCCCCCCCCCC.[NaH]. The third-order valence-corrected chi connectivity index (χ3v) is 8.80. The van der Waals surface area contributed by atoms with Gasteiger partial charge in [-0.3, -0.25) is 4.79 Å². The van der Waals surface area contributed by atoms with Gasteiger partial charge >= 0.3 is 47.5 Å². The number of hydrogen-bond donors (Lipinski definition) is 0. The predicted octanol–water partition coefficient (Wildman–Crippen LogP) is 12.0. The van der Waals surface area contributed by atoms with Crippen LogP contribution in [0.25, 0.3) is 0 Å². The van der Waals surface area contributed by atoms with Crippen LogP contribution in [0.4, 0.5) is 0 Å². The fourth-order valence-corrected chi connectivity index (χ4v) is 5.85. The molecule has 0 atom stereocenters. The summed E-state index contributed by atoms with van der Waals surface area (Å²) in [5, 5.41) is 0. The van der Waals surface area contributed by atoms with Gasteiger partial charge in [0.15, 0.2) is 0 Å². The second-order valence-electron chi connectivity index (χ2n) is 13.3. The van der Waals surface area contributed by atoms with E-state index in [4.69, 9.17) is 9.47 Å². The van der Waals surface area contributed by atoms with Crippen molar-refractivity contribution in [2.75, 3.05) is 6.61 Å². The van der Waals surface area contributed by atoms with Gasteiger partial charge in [-0.2, -0.15) is 0 Å². The van der Waals surface area contributed by atoms with Crippen molar-refractivity contribution in [2.45, 2.75) is 219 Å². The first kappa shape index (κ1) is 47.5. The zero-order chi connectivity index (χ0) is 32.9. The van der Waals surface area contributed by atoms with Gasteiger partial charge in [-0.15, -0.1) is 0 Å². The molecule has 0 saturated heterocycles. The zero-order valence-corrected chi connectivity index (χ0v) is 30.0. The number of esters is 3. The van der Waals surface area contributed by atoms with Crippen molar-refractivity contribution in [3.8, 4) is 0 Å². The third-order valence-electron chi connectivity index (χ3n) is 8.80. The Hall–Kier alpha value is -0.650. The average Bonchev–Trinajstić information content (AvgIpc) is 3.03. The number of rotatable bonds is 35. The molecule has 0 unspecified atom stereocenters. The molecule has 0 aliphatic heterocycles. The van der Waals surface area contributed by atoms with Gasteiger partial charge in [-0.05, 0) is 12.8 Å². The van der Waals surface area contributed by atoms with Crippen LogP contribution in [0.5, 0.6) is 0 Å². The standard InChI is InChI=1S/C40H74O5.Na.H/c1-3-5-7-9-11-13-15-17-19-21-23-25-27-29-31-33-37-44-38(41)35-36-40(43)45-39(42)34-32-30-28-26-24-22-20-18-16-14-12-10-8-6-4-2;;/h35-36H,3-34,37H2,1-2H3;;/b36-35+;;. The van der Waals surface area contributed by atoms with Gasteiger partial charge in [-0.1, -0.05) is 200 Å². The summed E-state index contributed by atoms with van der Waals surface area (Å²) in [5.74, 6) is -1.90. The normalized spacial score (nSPS) is 11.1. The molecule has 46 heavy (non-hydrogen) atoms. The van der Waals surface area contributed by atoms with E-state index in [9.17, 15) is 14.4 Å². The Morgan fingerprint density at radius 2 is 0.674 bits per heavy atom. The molecule has 0 aliphatic carbocycles. The van der Waals surface area contributed by atoms with E-state index in [1.165, 1.54) is 167 Å². The number of ether oxygens (including phenoxy) is 2. The van der Waals surface area contributed by atoms with Gasteiger partial charge in [0.1, 0.15) is 0 Å². The van der Waals surface area contributed by atoms with Crippen molar-refractivity contribution in [1.82, 2.24) is 0 Å². The van der Waals surface area contributed by atoms with E-state index in [2.05, 4.69) is 13.8 Å². The summed E-state index contributed by atoms with van der Waals surface area (Å²) in [6.07, 6.45) is 42.0. The molecule has 266 valence electrons. The average molecular weight is 659 g/mol. The Morgan fingerprint density at radius 3 is 1.02 bits per heavy atom. The van der Waals surface area contributed by atoms with Gasteiger partial charge in [-0.25, -0.2) is 9.59 Å². The Kier molecular flexibility index (Phi) is 41.8. The monoisotopic (exact) mass is 659 g/mol. The molecular weight excluding hydrogens is 583 g/mol. The maximum atomic E-state index is 11.9. The van der Waals surface area contributed by atoms with Crippen molar-refractivity contribution in [2.24, 2.45) is 0 Å². The Labute approximate surface area is 307 Å². The van der Waals surface area contributed by atoms with Gasteiger partial charge in [0, 0.05) is 18.6 Å². The summed E-state index contributed by atoms with van der Waals surface area (Å²) in [4.78, 5) is 35.5. The van der Waals surface area contributed by atoms with Crippen molar-refractivity contribution in [3.05, 3.63) is 12.2 Å². The molecule has 0 rings (SSSR count). The topological polar surface area (TPSA) is 69.7 Å². The molecule has 0 heterocycles. The Morgan fingerprint density at radius 1 is 0.391 bits per heavy atom. The predicted molar refractivity (Wildman–Crippen MR) is 197 cm³/mol. The van der Waals surface area contributed by atoms with Crippen LogP contribution in [0.1, 0.15) is 219 Å². The molecule has 0 aromatic rings. The van der Waals surface area contributed by atoms with E-state index in [0.717, 1.165) is 44.3 Å². The minimum atomic E-state index is -0.805. The van der Waals surface area contributed by atoms with Crippen LogP contribution in [0, 0.1) is 0 Å². The van der Waals surface area contributed by atoms with Crippen LogP contribution in [-0.4, -0.2) is 54.1 Å². The van der Waals surface area contributed by atoms with Crippen molar-refractivity contribution in [3.63, 3.8) is 0 Å². The molecule has 0 N–H and O–H groups in total. The van der Waals surface area contributed by atoms with Crippen molar-refractivity contribution >= 4 is 47.5 Å². The van der Waals surface area contributed by atoms with E-state index in [1.807, 2.05) is 0 Å². The van der Waals surface area contributed by atoms with Crippen LogP contribution in [0.2, 0.25) is 0 Å². The summed E-state index contributed by atoms with van der Waals surface area (Å²) >= 11 is 0. The van der Waals surface area contributed by atoms with Crippen molar-refractivity contribution < 1.29 is 23.9 Å². The maximum absolute atomic E-state index is 11.9. The molecule has 0 fully saturated rings. The Balaban J connectivity index is 0. The summed E-state index contributed by atoms with van der Waals surface area (Å²) in [5.41, 5.74) is 0. The van der Waals surface area contributed by atoms with Crippen molar-refractivity contribution in [1.29, 1.82) is 0 Å². The molecule has 0 aromatic carbocycles. The molecule has 0 spiro atoms.